The van der Waals surface area contributed by atoms with Crippen molar-refractivity contribution in [2.45, 2.75) is 0 Å². The molecule has 2 nitrogen and oxygen atoms in total. The average Bonchev–Trinajstić information content (AvgIpc) is 0. The predicted octanol–water partition coefficient (Wildman–Crippen LogP) is -4.65. The van der Waals surface area contributed by atoms with E-state index in [-0.39, 0.29) is 45.7 Å². The van der Waals surface area contributed by atoms with Crippen LogP contribution in [0.1, 0.15) is 0 Å². The van der Waals surface area contributed by atoms with Crippen molar-refractivity contribution in [2.24, 2.45) is 0 Å². The summed E-state index contributed by atoms with van der Waals surface area (Å²) in [4.78, 5) is 0. The Labute approximate surface area is 46.1 Å². The van der Waals surface area contributed by atoms with Crippen LogP contribution in [0.25, 0.3) is 0 Å². The molecule has 0 aromatic carbocycles. The van der Waals surface area contributed by atoms with Crippen LogP contribution in [-0.4, -0.2) is 11.0 Å². The van der Waals surface area contributed by atoms with Crippen LogP contribution in [0.4, 0.5) is 0 Å². The number of halogens is 1. The quantitative estimate of drug-likeness (QED) is 0.397. The van der Waals surface area contributed by atoms with E-state index in [1.54, 1.807) is 0 Å². The average molecular weight is 268 g/mol. The van der Waals surface area contributed by atoms with Crippen molar-refractivity contribution in [2.75, 3.05) is 0 Å². The van der Waals surface area contributed by atoms with Gasteiger partial charge in [-0.3, -0.25) is 0 Å². The van der Waals surface area contributed by atoms with Crippen molar-refractivity contribution in [3.8, 4) is 0 Å². The zero-order chi connectivity index (χ0) is 0. The van der Waals surface area contributed by atoms with E-state index in [2.05, 4.69) is 0 Å². The molecular weight excluding hydrogens is 264 g/mol. The Hall–Kier alpha value is 0.950. The van der Waals surface area contributed by atoms with Crippen LogP contribution in [0, 0.1) is 0 Å². The van der Waals surface area contributed by atoms with E-state index < -0.39 is 0 Å². The third-order valence-corrected chi connectivity index (χ3v) is 0. The van der Waals surface area contributed by atoms with Gasteiger partial charge in [-0.15, -0.1) is 0 Å². The minimum atomic E-state index is 0. The van der Waals surface area contributed by atoms with Gasteiger partial charge in [0.15, 0.2) is 0 Å². The summed E-state index contributed by atoms with van der Waals surface area (Å²) in [6.45, 7) is 0. The molecule has 0 fully saturated rings. The molecule has 0 spiro atoms. The Bertz CT molecular complexity index is 6.00. The van der Waals surface area contributed by atoms with Crippen LogP contribution in [-0.2, 0) is 22.4 Å². The summed E-state index contributed by atoms with van der Waals surface area (Å²) in [6.07, 6.45) is 0. The summed E-state index contributed by atoms with van der Waals surface area (Å²) in [7, 11) is 0. The Kier molecular flexibility index (Phi) is 814. The third-order valence-electron chi connectivity index (χ3n) is 0. The van der Waals surface area contributed by atoms with Crippen LogP contribution in [0.5, 0.6) is 0 Å². The van der Waals surface area contributed by atoms with Crippen molar-refractivity contribution in [3.05, 3.63) is 0 Å². The standard InChI is InChI=1S/Au.ClH.2H2O/h;1H;2*1H2/q+1;;;/p-1. The van der Waals surface area contributed by atoms with Crippen LogP contribution in [0.15, 0.2) is 0 Å². The fourth-order valence-electron chi connectivity index (χ4n) is 0. The second-order valence-electron chi connectivity index (χ2n) is 0. The molecule has 4 heteroatoms. The molecule has 0 saturated carbocycles. The summed E-state index contributed by atoms with van der Waals surface area (Å²) in [5, 5.41) is 0. The van der Waals surface area contributed by atoms with Crippen molar-refractivity contribution in [1.82, 2.24) is 0 Å². The molecule has 0 aliphatic heterocycles. The van der Waals surface area contributed by atoms with Gasteiger partial charge in [0.1, 0.15) is 0 Å². The summed E-state index contributed by atoms with van der Waals surface area (Å²) < 4.78 is 0. The molecule has 0 amide bonds. The topological polar surface area (TPSA) is 63.0 Å². The van der Waals surface area contributed by atoms with E-state index in [0.717, 1.165) is 0 Å². The summed E-state index contributed by atoms with van der Waals surface area (Å²) in [6, 6.07) is 0. The van der Waals surface area contributed by atoms with Gasteiger partial charge in [-0.2, -0.15) is 0 Å². The Morgan fingerprint density at radius 1 is 0.750 bits per heavy atom. The van der Waals surface area contributed by atoms with Gasteiger partial charge < -0.3 is 23.4 Å². The smallest absolute Gasteiger partial charge is 1.00 e. The molecule has 0 aromatic heterocycles. The molecule has 0 bridgehead atoms. The van der Waals surface area contributed by atoms with E-state index in [1.807, 2.05) is 0 Å². The molecule has 0 unspecified atom stereocenters. The van der Waals surface area contributed by atoms with E-state index in [0.29, 0.717) is 0 Å². The first kappa shape index (κ1) is 85.5. The molecule has 4 heavy (non-hydrogen) atoms. The Balaban J connectivity index is 0. The maximum atomic E-state index is 0. The summed E-state index contributed by atoms with van der Waals surface area (Å²) in [5.41, 5.74) is 0. The first-order chi connectivity index (χ1) is 0. The summed E-state index contributed by atoms with van der Waals surface area (Å²) >= 11 is 0. The maximum absolute atomic E-state index is 0. The predicted molar refractivity (Wildman–Crippen MR) is 7.23 cm³/mol. The van der Waals surface area contributed by atoms with Gasteiger partial charge in [0.25, 0.3) is 0 Å². The minimum absolute atomic E-state index is 0. The van der Waals surface area contributed by atoms with Gasteiger partial charge in [0, 0.05) is 0 Å². The minimum Gasteiger partial charge on any atom is -1.00 e. The number of hydrogen-bond acceptors (Lipinski definition) is 0. The molecular formula is H4AuClO2. The molecule has 0 radical (unpaired) electrons. The van der Waals surface area contributed by atoms with Gasteiger partial charge in [-0.05, 0) is 0 Å². The third kappa shape index (κ3) is 12.4. The van der Waals surface area contributed by atoms with Gasteiger partial charge in [-0.1, -0.05) is 0 Å². The van der Waals surface area contributed by atoms with Crippen LogP contribution in [0.2, 0.25) is 0 Å². The monoisotopic (exact) mass is 268 g/mol. The van der Waals surface area contributed by atoms with Crippen LogP contribution >= 0.6 is 0 Å². The van der Waals surface area contributed by atoms with E-state index >= 15 is 0 Å². The molecule has 0 aliphatic rings. The van der Waals surface area contributed by atoms with Crippen molar-refractivity contribution in [3.63, 3.8) is 0 Å². The molecule has 0 heterocycles. The second kappa shape index (κ2) is 38.1. The first-order valence-corrected chi connectivity index (χ1v) is 0. The molecule has 0 aliphatic carbocycles. The van der Waals surface area contributed by atoms with Crippen molar-refractivity contribution in [1.29, 1.82) is 0 Å². The molecule has 0 saturated heterocycles. The first-order valence-electron chi connectivity index (χ1n) is 0. The zero-order valence-electron chi connectivity index (χ0n) is 1.68. The van der Waals surface area contributed by atoms with Crippen molar-refractivity contribution >= 4 is 0 Å². The molecule has 0 rings (SSSR count). The van der Waals surface area contributed by atoms with Crippen LogP contribution < -0.4 is 12.4 Å². The normalized spacial score (nSPS) is 0. The van der Waals surface area contributed by atoms with E-state index in [1.165, 1.54) is 0 Å². The molecule has 4 N–H and O–H groups in total. The van der Waals surface area contributed by atoms with E-state index in [4.69, 9.17) is 0 Å². The maximum Gasteiger partial charge on any atom is 1.00 e. The number of rotatable bonds is 0. The van der Waals surface area contributed by atoms with Crippen LogP contribution in [0.3, 0.4) is 0 Å². The van der Waals surface area contributed by atoms with Crippen molar-refractivity contribution < 1.29 is 45.7 Å². The van der Waals surface area contributed by atoms with Gasteiger partial charge in [0.2, 0.25) is 0 Å². The molecule has 0 atom stereocenters. The van der Waals surface area contributed by atoms with Gasteiger partial charge in [0.05, 0.1) is 0 Å². The fourth-order valence-corrected chi connectivity index (χ4v) is 0. The SMILES string of the molecule is O.O.[Au+].[Cl-]. The Morgan fingerprint density at radius 2 is 0.750 bits per heavy atom. The zero-order valence-corrected chi connectivity index (χ0v) is 4.60. The molecule has 0 aromatic rings. The largest absolute Gasteiger partial charge is 1.00 e. The number of hydrogen-bond donors (Lipinski definition) is 0. The Morgan fingerprint density at radius 3 is 0.750 bits per heavy atom. The summed E-state index contributed by atoms with van der Waals surface area (Å²) in [5.74, 6) is 0. The van der Waals surface area contributed by atoms with E-state index in [9.17, 15) is 0 Å². The molecule has 34 valence electrons. The fraction of sp³-hybridized carbons (Fsp3) is 0. The van der Waals surface area contributed by atoms with Gasteiger partial charge in [-0.25, -0.2) is 0 Å². The van der Waals surface area contributed by atoms with Gasteiger partial charge >= 0.3 is 22.4 Å². The second-order valence-corrected chi connectivity index (χ2v) is 0.